The van der Waals surface area contributed by atoms with Crippen molar-refractivity contribution in [1.29, 1.82) is 0 Å². The molecular weight excluding hydrogens is 525 g/mol. The van der Waals surface area contributed by atoms with E-state index in [1.54, 1.807) is 36.1 Å². The van der Waals surface area contributed by atoms with Crippen LogP contribution < -0.4 is 16.0 Å². The lowest BCUT2D eigenvalue weighted by atomic mass is 10.1. The number of halogens is 3. The molecule has 5 rings (SSSR count). The van der Waals surface area contributed by atoms with E-state index in [0.717, 1.165) is 50.5 Å². The topological polar surface area (TPSA) is 109 Å². The number of hydrogen-bond acceptors (Lipinski definition) is 8. The van der Waals surface area contributed by atoms with E-state index < -0.39 is 17.6 Å². The van der Waals surface area contributed by atoms with Crippen molar-refractivity contribution in [3.8, 4) is 0 Å². The fourth-order valence-corrected chi connectivity index (χ4v) is 4.37. The molecule has 3 heterocycles. The van der Waals surface area contributed by atoms with Crippen molar-refractivity contribution in [3.63, 3.8) is 0 Å². The third-order valence-electron chi connectivity index (χ3n) is 6.60. The van der Waals surface area contributed by atoms with Crippen molar-refractivity contribution < 1.29 is 22.7 Å². The molecule has 13 heteroatoms. The SMILES string of the molecule is Cc1ccc(C(=O)Nc2cccc(C(F)(F)F)c2)cc1Nc1nn(C)c2nc(NCCN3CCOCC3)ncc12. The summed E-state index contributed by atoms with van der Waals surface area (Å²) in [7, 11) is 1.78. The van der Waals surface area contributed by atoms with Gasteiger partial charge in [0.05, 0.1) is 24.2 Å². The second kappa shape index (κ2) is 11.5. The van der Waals surface area contributed by atoms with Gasteiger partial charge in [-0.3, -0.25) is 9.69 Å². The van der Waals surface area contributed by atoms with E-state index in [1.165, 1.54) is 12.1 Å². The minimum Gasteiger partial charge on any atom is -0.379 e. The minimum absolute atomic E-state index is 0.0529. The summed E-state index contributed by atoms with van der Waals surface area (Å²) in [5.74, 6) is 0.472. The van der Waals surface area contributed by atoms with Crippen molar-refractivity contribution >= 4 is 40.1 Å². The van der Waals surface area contributed by atoms with Gasteiger partial charge in [-0.1, -0.05) is 12.1 Å². The highest BCUT2D eigenvalue weighted by Crippen LogP contribution is 2.31. The van der Waals surface area contributed by atoms with Crippen molar-refractivity contribution in [2.24, 2.45) is 7.05 Å². The number of alkyl halides is 3. The van der Waals surface area contributed by atoms with E-state index >= 15 is 0 Å². The fraction of sp³-hybridized carbons (Fsp3) is 0.333. The number of carbonyl (C=O) groups is 1. The van der Waals surface area contributed by atoms with Crippen LogP contribution in [0.5, 0.6) is 0 Å². The molecule has 1 amide bonds. The predicted octanol–water partition coefficient (Wildman–Crippen LogP) is 4.43. The van der Waals surface area contributed by atoms with Gasteiger partial charge in [0, 0.05) is 56.4 Å². The Morgan fingerprint density at radius 1 is 1.12 bits per heavy atom. The molecule has 1 aliphatic rings. The molecule has 1 saturated heterocycles. The summed E-state index contributed by atoms with van der Waals surface area (Å²) in [6, 6.07) is 9.50. The molecule has 2 aromatic heterocycles. The summed E-state index contributed by atoms with van der Waals surface area (Å²) in [6.07, 6.45) is -2.81. The molecule has 0 bridgehead atoms. The summed E-state index contributed by atoms with van der Waals surface area (Å²) >= 11 is 0. The van der Waals surface area contributed by atoms with Gasteiger partial charge in [-0.15, -0.1) is 0 Å². The number of morpholine rings is 1. The second-order valence-electron chi connectivity index (χ2n) is 9.47. The number of amides is 1. The first-order chi connectivity index (χ1) is 19.2. The maximum Gasteiger partial charge on any atom is 0.416 e. The van der Waals surface area contributed by atoms with Crippen molar-refractivity contribution in [1.82, 2.24) is 24.6 Å². The first-order valence-electron chi connectivity index (χ1n) is 12.8. The summed E-state index contributed by atoms with van der Waals surface area (Å²) < 4.78 is 46.2. The molecule has 4 aromatic rings. The molecule has 40 heavy (non-hydrogen) atoms. The number of carbonyl (C=O) groups excluding carboxylic acids is 1. The van der Waals surface area contributed by atoms with Crippen LogP contribution in [0.4, 0.5) is 36.3 Å². The largest absolute Gasteiger partial charge is 0.416 e. The Balaban J connectivity index is 1.29. The third-order valence-corrected chi connectivity index (χ3v) is 6.60. The molecule has 0 atom stereocenters. The lowest BCUT2D eigenvalue weighted by molar-refractivity contribution is -0.137. The number of aryl methyl sites for hydroxylation is 2. The van der Waals surface area contributed by atoms with Gasteiger partial charge in [-0.2, -0.15) is 23.3 Å². The molecule has 0 saturated carbocycles. The molecule has 0 spiro atoms. The zero-order valence-corrected chi connectivity index (χ0v) is 22.0. The van der Waals surface area contributed by atoms with Gasteiger partial charge in [-0.05, 0) is 42.8 Å². The van der Waals surface area contributed by atoms with Gasteiger partial charge in [0.1, 0.15) is 0 Å². The minimum atomic E-state index is -4.50. The van der Waals surface area contributed by atoms with Crippen LogP contribution in [0.1, 0.15) is 21.5 Å². The number of benzene rings is 2. The van der Waals surface area contributed by atoms with E-state index in [-0.39, 0.29) is 11.3 Å². The molecule has 0 unspecified atom stereocenters. The molecule has 3 N–H and O–H groups in total. The third kappa shape index (κ3) is 6.32. The van der Waals surface area contributed by atoms with Gasteiger partial charge in [0.2, 0.25) is 5.95 Å². The summed E-state index contributed by atoms with van der Waals surface area (Å²) in [5.41, 5.74) is 1.57. The number of nitrogens with one attached hydrogen (secondary N) is 3. The smallest absolute Gasteiger partial charge is 0.379 e. The Morgan fingerprint density at radius 2 is 1.93 bits per heavy atom. The number of nitrogens with zero attached hydrogens (tertiary/aromatic N) is 5. The zero-order valence-electron chi connectivity index (χ0n) is 22.0. The molecular formula is C27H29F3N8O2. The molecule has 10 nitrogen and oxygen atoms in total. The van der Waals surface area contributed by atoms with Crippen LogP contribution in [-0.4, -0.2) is 69.9 Å². The Labute approximate surface area is 228 Å². The number of ether oxygens (including phenoxy) is 1. The second-order valence-corrected chi connectivity index (χ2v) is 9.47. The van der Waals surface area contributed by atoms with E-state index in [0.29, 0.717) is 35.0 Å². The van der Waals surface area contributed by atoms with Gasteiger partial charge >= 0.3 is 6.18 Å². The molecule has 2 aromatic carbocycles. The number of anilines is 4. The summed E-state index contributed by atoms with van der Waals surface area (Å²) in [5, 5.41) is 14.3. The van der Waals surface area contributed by atoms with E-state index in [2.05, 4.69) is 35.9 Å². The number of hydrogen-bond donors (Lipinski definition) is 3. The normalized spacial score (nSPS) is 14.3. The van der Waals surface area contributed by atoms with E-state index in [1.807, 2.05) is 6.92 Å². The van der Waals surface area contributed by atoms with Crippen molar-refractivity contribution in [3.05, 3.63) is 65.4 Å². The van der Waals surface area contributed by atoms with Crippen LogP contribution in [0.15, 0.2) is 48.7 Å². The monoisotopic (exact) mass is 554 g/mol. The maximum absolute atomic E-state index is 13.0. The highest BCUT2D eigenvalue weighted by atomic mass is 19.4. The molecule has 210 valence electrons. The van der Waals surface area contributed by atoms with Crippen LogP contribution in [-0.2, 0) is 18.0 Å². The van der Waals surface area contributed by atoms with E-state index in [4.69, 9.17) is 4.74 Å². The average molecular weight is 555 g/mol. The first kappa shape index (κ1) is 27.3. The van der Waals surface area contributed by atoms with Gasteiger partial charge in [0.25, 0.3) is 5.91 Å². The Bertz CT molecular complexity index is 1520. The highest BCUT2D eigenvalue weighted by Gasteiger charge is 2.30. The molecule has 0 aliphatic carbocycles. The Hall–Kier alpha value is -4.23. The zero-order chi connectivity index (χ0) is 28.3. The highest BCUT2D eigenvalue weighted by molar-refractivity contribution is 6.05. The van der Waals surface area contributed by atoms with Crippen LogP contribution in [0, 0.1) is 6.92 Å². The van der Waals surface area contributed by atoms with Crippen molar-refractivity contribution in [2.45, 2.75) is 13.1 Å². The molecule has 1 aliphatic heterocycles. The summed E-state index contributed by atoms with van der Waals surface area (Å²) in [6.45, 7) is 6.74. The maximum atomic E-state index is 13.0. The predicted molar refractivity (Wildman–Crippen MR) is 146 cm³/mol. The lowest BCUT2D eigenvalue weighted by Crippen LogP contribution is -2.39. The van der Waals surface area contributed by atoms with E-state index in [9.17, 15) is 18.0 Å². The molecule has 0 radical (unpaired) electrons. The fourth-order valence-electron chi connectivity index (χ4n) is 4.37. The first-order valence-corrected chi connectivity index (χ1v) is 12.8. The number of aromatic nitrogens is 4. The van der Waals surface area contributed by atoms with Gasteiger partial charge in [-0.25, -0.2) is 9.67 Å². The standard InChI is InChI=1S/C27H29F3N8O2/c1-17-6-7-18(25(39)33-20-5-3-4-19(15-20)27(28,29)30)14-22(17)34-23-21-16-32-26(35-24(21)37(2)36-23)31-8-9-38-10-12-40-13-11-38/h3-7,14-16H,8-13H2,1-2H3,(H,33,39)(H,34,36)(H,31,32,35). The summed E-state index contributed by atoms with van der Waals surface area (Å²) in [4.78, 5) is 24.2. The lowest BCUT2D eigenvalue weighted by Gasteiger charge is -2.26. The average Bonchev–Trinajstić information content (AvgIpc) is 3.24. The van der Waals surface area contributed by atoms with Gasteiger partial charge < -0.3 is 20.7 Å². The number of rotatable bonds is 8. The van der Waals surface area contributed by atoms with Crippen molar-refractivity contribution in [2.75, 3.05) is 55.3 Å². The van der Waals surface area contributed by atoms with Gasteiger partial charge in [0.15, 0.2) is 11.5 Å². The van der Waals surface area contributed by atoms with Crippen LogP contribution in [0.2, 0.25) is 0 Å². The molecule has 1 fully saturated rings. The van der Waals surface area contributed by atoms with Crippen LogP contribution >= 0.6 is 0 Å². The quantitative estimate of drug-likeness (QED) is 0.294. The Morgan fingerprint density at radius 3 is 2.70 bits per heavy atom. The van der Waals surface area contributed by atoms with Crippen LogP contribution in [0.3, 0.4) is 0 Å². The Kier molecular flexibility index (Phi) is 7.85. The number of fused-ring (bicyclic) bond motifs is 1. The van der Waals surface area contributed by atoms with Crippen LogP contribution in [0.25, 0.3) is 11.0 Å².